The third kappa shape index (κ3) is 3.98. The summed E-state index contributed by atoms with van der Waals surface area (Å²) in [5.74, 6) is 1.21. The fourth-order valence-corrected chi connectivity index (χ4v) is 2.14. The van der Waals surface area contributed by atoms with Gasteiger partial charge in [-0.1, -0.05) is 19.9 Å². The highest BCUT2D eigenvalue weighted by Gasteiger charge is 2.13. The maximum absolute atomic E-state index is 4.69. The van der Waals surface area contributed by atoms with Crippen LogP contribution >= 0.6 is 0 Å². The number of hydrogen-bond donors (Lipinski definition) is 1. The van der Waals surface area contributed by atoms with Crippen molar-refractivity contribution >= 4 is 5.69 Å². The number of rotatable bonds is 6. The van der Waals surface area contributed by atoms with Gasteiger partial charge in [-0.25, -0.2) is 9.97 Å². The largest absolute Gasteiger partial charge is 0.366 e. The summed E-state index contributed by atoms with van der Waals surface area (Å²) in [6.07, 6.45) is 3.73. The molecule has 0 radical (unpaired) electrons. The highest BCUT2D eigenvalue weighted by molar-refractivity contribution is 5.48. The van der Waals surface area contributed by atoms with Crippen molar-refractivity contribution < 1.29 is 0 Å². The Morgan fingerprint density at radius 3 is 2.67 bits per heavy atom. The number of nitrogens with one attached hydrogen (secondary N) is 1. The Morgan fingerprint density at radius 1 is 1.24 bits per heavy atom. The maximum atomic E-state index is 4.69. The fraction of sp³-hybridized carbons (Fsp3) is 0.438. The van der Waals surface area contributed by atoms with Gasteiger partial charge in [-0.3, -0.25) is 4.98 Å². The van der Waals surface area contributed by atoms with Gasteiger partial charge in [0.2, 0.25) is 0 Å². The van der Waals surface area contributed by atoms with Crippen molar-refractivity contribution in [1.82, 2.24) is 20.3 Å². The summed E-state index contributed by atoms with van der Waals surface area (Å²) in [7, 11) is 3.97. The Kier molecular flexibility index (Phi) is 5.22. The summed E-state index contributed by atoms with van der Waals surface area (Å²) in [5.41, 5.74) is 3.09. The molecule has 0 bridgehead atoms. The average Bonchev–Trinajstić information content (AvgIpc) is 2.48. The normalized spacial score (nSPS) is 10.9. The summed E-state index contributed by atoms with van der Waals surface area (Å²) in [6.45, 7) is 5.68. The minimum Gasteiger partial charge on any atom is -0.366 e. The molecule has 0 aromatic carbocycles. The molecule has 0 aliphatic heterocycles. The van der Waals surface area contributed by atoms with E-state index in [-0.39, 0.29) is 0 Å². The Morgan fingerprint density at radius 2 is 2.05 bits per heavy atom. The van der Waals surface area contributed by atoms with E-state index in [1.54, 1.807) is 0 Å². The lowest BCUT2D eigenvalue weighted by Crippen LogP contribution is -2.22. The molecular weight excluding hydrogens is 262 g/mol. The van der Waals surface area contributed by atoms with E-state index >= 15 is 0 Å². The molecule has 0 aliphatic rings. The van der Waals surface area contributed by atoms with Crippen LogP contribution in [-0.4, -0.2) is 29.0 Å². The molecule has 0 aliphatic carbocycles. The van der Waals surface area contributed by atoms with Gasteiger partial charge in [-0.2, -0.15) is 0 Å². The molecule has 2 heterocycles. The van der Waals surface area contributed by atoms with Crippen molar-refractivity contribution in [2.45, 2.75) is 32.9 Å². The molecule has 0 atom stereocenters. The van der Waals surface area contributed by atoms with Crippen LogP contribution in [-0.2, 0) is 13.1 Å². The van der Waals surface area contributed by atoms with Crippen molar-refractivity contribution in [1.29, 1.82) is 0 Å². The van der Waals surface area contributed by atoms with E-state index in [1.165, 1.54) is 0 Å². The van der Waals surface area contributed by atoms with E-state index in [0.29, 0.717) is 5.92 Å². The van der Waals surface area contributed by atoms with Gasteiger partial charge in [-0.05, 0) is 19.2 Å². The first kappa shape index (κ1) is 15.4. The van der Waals surface area contributed by atoms with Crippen LogP contribution in [0, 0.1) is 0 Å². The molecule has 5 heteroatoms. The van der Waals surface area contributed by atoms with Gasteiger partial charge < -0.3 is 10.2 Å². The van der Waals surface area contributed by atoms with E-state index in [9.17, 15) is 0 Å². The number of anilines is 1. The second-order valence-electron chi connectivity index (χ2n) is 5.42. The van der Waals surface area contributed by atoms with Gasteiger partial charge in [0.15, 0.2) is 0 Å². The van der Waals surface area contributed by atoms with E-state index in [1.807, 2.05) is 44.7 Å². The summed E-state index contributed by atoms with van der Waals surface area (Å²) in [4.78, 5) is 15.7. The van der Waals surface area contributed by atoms with Gasteiger partial charge in [0.1, 0.15) is 5.82 Å². The first-order valence-electron chi connectivity index (χ1n) is 7.23. The minimum absolute atomic E-state index is 0.329. The standard InChI is InChI=1S/C16H23N5/c1-12(2)16-19-10-15(14(20-16)9-17-3)21(4)11-13-7-5-6-8-18-13/h5-8,10,12,17H,9,11H2,1-4H3. The molecule has 0 amide bonds. The van der Waals surface area contributed by atoms with Crippen LogP contribution in [0.1, 0.15) is 37.0 Å². The Balaban J connectivity index is 2.24. The predicted molar refractivity (Wildman–Crippen MR) is 85.2 cm³/mol. The molecule has 21 heavy (non-hydrogen) atoms. The van der Waals surface area contributed by atoms with Gasteiger partial charge in [-0.15, -0.1) is 0 Å². The molecule has 1 N–H and O–H groups in total. The van der Waals surface area contributed by atoms with Gasteiger partial charge in [0.05, 0.1) is 29.8 Å². The van der Waals surface area contributed by atoms with Crippen LogP contribution in [0.4, 0.5) is 5.69 Å². The van der Waals surface area contributed by atoms with Crippen LogP contribution in [0.2, 0.25) is 0 Å². The molecule has 2 aromatic heterocycles. The van der Waals surface area contributed by atoms with Crippen LogP contribution < -0.4 is 10.2 Å². The van der Waals surface area contributed by atoms with Gasteiger partial charge in [0, 0.05) is 25.7 Å². The van der Waals surface area contributed by atoms with Gasteiger partial charge in [0.25, 0.3) is 0 Å². The highest BCUT2D eigenvalue weighted by atomic mass is 15.1. The summed E-state index contributed by atoms with van der Waals surface area (Å²) < 4.78 is 0. The van der Waals surface area contributed by atoms with Crippen LogP contribution in [0.3, 0.4) is 0 Å². The highest BCUT2D eigenvalue weighted by Crippen LogP contribution is 2.20. The molecule has 0 saturated carbocycles. The zero-order valence-electron chi connectivity index (χ0n) is 13.2. The molecular formula is C16H23N5. The number of hydrogen-bond acceptors (Lipinski definition) is 5. The van der Waals surface area contributed by atoms with E-state index in [4.69, 9.17) is 0 Å². The lowest BCUT2D eigenvalue weighted by molar-refractivity contribution is 0.718. The monoisotopic (exact) mass is 285 g/mol. The third-order valence-electron chi connectivity index (χ3n) is 3.26. The summed E-state index contributed by atoms with van der Waals surface area (Å²) in [6, 6.07) is 5.96. The second kappa shape index (κ2) is 7.13. The molecule has 2 rings (SSSR count). The van der Waals surface area contributed by atoms with Crippen molar-refractivity contribution in [3.05, 3.63) is 47.8 Å². The Labute approximate surface area is 126 Å². The van der Waals surface area contributed by atoms with Crippen molar-refractivity contribution in [3.63, 3.8) is 0 Å². The maximum Gasteiger partial charge on any atom is 0.131 e. The van der Waals surface area contributed by atoms with Crippen molar-refractivity contribution in [2.75, 3.05) is 19.0 Å². The van der Waals surface area contributed by atoms with Crippen LogP contribution in [0.25, 0.3) is 0 Å². The zero-order valence-corrected chi connectivity index (χ0v) is 13.2. The Hall–Kier alpha value is -2.01. The molecule has 5 nitrogen and oxygen atoms in total. The zero-order chi connectivity index (χ0) is 15.2. The predicted octanol–water partition coefficient (Wildman–Crippen LogP) is 2.35. The molecule has 0 unspecified atom stereocenters. The first-order chi connectivity index (χ1) is 10.1. The minimum atomic E-state index is 0.329. The van der Waals surface area contributed by atoms with Crippen molar-refractivity contribution in [2.24, 2.45) is 0 Å². The molecule has 0 fully saturated rings. The molecule has 2 aromatic rings. The molecule has 0 saturated heterocycles. The first-order valence-corrected chi connectivity index (χ1v) is 7.23. The summed E-state index contributed by atoms with van der Waals surface area (Å²) >= 11 is 0. The quantitative estimate of drug-likeness (QED) is 0.883. The average molecular weight is 285 g/mol. The summed E-state index contributed by atoms with van der Waals surface area (Å²) in [5, 5.41) is 3.18. The Bertz CT molecular complexity index is 568. The number of nitrogens with zero attached hydrogens (tertiary/aromatic N) is 4. The fourth-order valence-electron chi connectivity index (χ4n) is 2.14. The lowest BCUT2D eigenvalue weighted by atomic mass is 10.2. The second-order valence-corrected chi connectivity index (χ2v) is 5.42. The third-order valence-corrected chi connectivity index (χ3v) is 3.26. The van der Waals surface area contributed by atoms with E-state index in [2.05, 4.69) is 39.0 Å². The van der Waals surface area contributed by atoms with Gasteiger partial charge >= 0.3 is 0 Å². The molecule has 0 spiro atoms. The number of aromatic nitrogens is 3. The lowest BCUT2D eigenvalue weighted by Gasteiger charge is -2.22. The van der Waals surface area contributed by atoms with E-state index in [0.717, 1.165) is 36.0 Å². The van der Waals surface area contributed by atoms with E-state index < -0.39 is 0 Å². The van der Waals surface area contributed by atoms with Crippen LogP contribution in [0.15, 0.2) is 30.6 Å². The number of pyridine rings is 1. The van der Waals surface area contributed by atoms with Crippen LogP contribution in [0.5, 0.6) is 0 Å². The molecule has 112 valence electrons. The van der Waals surface area contributed by atoms with Crippen molar-refractivity contribution in [3.8, 4) is 0 Å². The SMILES string of the molecule is CNCc1nc(C(C)C)ncc1N(C)Cc1ccccn1. The smallest absolute Gasteiger partial charge is 0.131 e. The topological polar surface area (TPSA) is 53.9 Å².